The molecule has 1 atom stereocenters. The SMILES string of the molecule is CCCN1C(=O)C(=O)/C(=C(\O)c2ccccc2)C1c1ccc(OCC)c(OC)c1. The van der Waals surface area contributed by atoms with E-state index in [0.29, 0.717) is 42.2 Å². The molecule has 1 saturated heterocycles. The summed E-state index contributed by atoms with van der Waals surface area (Å²) in [6, 6.07) is 13.4. The molecule has 1 aliphatic heterocycles. The van der Waals surface area contributed by atoms with Crippen LogP contribution in [-0.4, -0.2) is 42.0 Å². The summed E-state index contributed by atoms with van der Waals surface area (Å²) in [5.41, 5.74) is 1.25. The molecule has 2 aromatic rings. The molecule has 0 saturated carbocycles. The first-order chi connectivity index (χ1) is 14.0. The molecule has 1 unspecified atom stereocenters. The summed E-state index contributed by atoms with van der Waals surface area (Å²) in [4.78, 5) is 27.1. The van der Waals surface area contributed by atoms with Crippen molar-refractivity contribution in [3.8, 4) is 11.5 Å². The Hall–Kier alpha value is -3.28. The highest BCUT2D eigenvalue weighted by Crippen LogP contribution is 2.41. The van der Waals surface area contributed by atoms with Crippen LogP contribution in [0, 0.1) is 0 Å². The van der Waals surface area contributed by atoms with Gasteiger partial charge in [-0.1, -0.05) is 43.3 Å². The molecule has 6 heteroatoms. The van der Waals surface area contributed by atoms with Gasteiger partial charge < -0.3 is 19.5 Å². The maximum atomic E-state index is 12.8. The van der Waals surface area contributed by atoms with E-state index in [1.165, 1.54) is 12.0 Å². The Kier molecular flexibility index (Phi) is 6.22. The summed E-state index contributed by atoms with van der Waals surface area (Å²) in [6.45, 7) is 4.70. The van der Waals surface area contributed by atoms with Crippen molar-refractivity contribution in [2.75, 3.05) is 20.3 Å². The number of ether oxygens (including phenoxy) is 2. The number of aliphatic hydroxyl groups excluding tert-OH is 1. The van der Waals surface area contributed by atoms with Crippen molar-refractivity contribution in [2.24, 2.45) is 0 Å². The lowest BCUT2D eigenvalue weighted by Gasteiger charge is -2.25. The number of Topliss-reactive ketones (excluding diaryl/α,β-unsaturated/α-hetero) is 1. The van der Waals surface area contributed by atoms with Gasteiger partial charge in [0.2, 0.25) is 0 Å². The van der Waals surface area contributed by atoms with Gasteiger partial charge in [-0.05, 0) is 31.0 Å². The number of methoxy groups -OCH3 is 1. The monoisotopic (exact) mass is 395 g/mol. The van der Waals surface area contributed by atoms with Gasteiger partial charge in [0.25, 0.3) is 11.7 Å². The van der Waals surface area contributed by atoms with E-state index < -0.39 is 17.7 Å². The number of aliphatic hydroxyl groups is 1. The molecule has 3 rings (SSSR count). The summed E-state index contributed by atoms with van der Waals surface area (Å²) in [7, 11) is 1.54. The van der Waals surface area contributed by atoms with E-state index in [1.807, 2.05) is 19.9 Å². The third-order valence-electron chi connectivity index (χ3n) is 4.85. The number of ketones is 1. The molecule has 0 aliphatic carbocycles. The lowest BCUT2D eigenvalue weighted by Crippen LogP contribution is -2.30. The Bertz CT molecular complexity index is 936. The van der Waals surface area contributed by atoms with Crippen molar-refractivity contribution in [1.29, 1.82) is 0 Å². The van der Waals surface area contributed by atoms with E-state index in [1.54, 1.807) is 42.5 Å². The number of hydrogen-bond donors (Lipinski definition) is 1. The van der Waals surface area contributed by atoms with Crippen LogP contribution in [0.4, 0.5) is 0 Å². The van der Waals surface area contributed by atoms with Crippen molar-refractivity contribution in [3.05, 3.63) is 65.2 Å². The molecule has 0 aromatic heterocycles. The fourth-order valence-electron chi connectivity index (χ4n) is 3.58. The maximum Gasteiger partial charge on any atom is 0.295 e. The van der Waals surface area contributed by atoms with Gasteiger partial charge in [0.05, 0.1) is 25.3 Å². The average molecular weight is 395 g/mol. The molecule has 6 nitrogen and oxygen atoms in total. The molecule has 152 valence electrons. The Balaban J connectivity index is 2.18. The lowest BCUT2D eigenvalue weighted by atomic mass is 9.95. The van der Waals surface area contributed by atoms with E-state index >= 15 is 0 Å². The van der Waals surface area contributed by atoms with Crippen molar-refractivity contribution in [2.45, 2.75) is 26.3 Å². The van der Waals surface area contributed by atoms with Crippen molar-refractivity contribution < 1.29 is 24.2 Å². The highest BCUT2D eigenvalue weighted by molar-refractivity contribution is 6.46. The molecule has 1 amide bonds. The predicted molar refractivity (Wildman–Crippen MR) is 110 cm³/mol. The van der Waals surface area contributed by atoms with Gasteiger partial charge in [-0.15, -0.1) is 0 Å². The van der Waals surface area contributed by atoms with Gasteiger partial charge in [0.1, 0.15) is 5.76 Å². The van der Waals surface area contributed by atoms with Gasteiger partial charge in [0.15, 0.2) is 11.5 Å². The largest absolute Gasteiger partial charge is 0.507 e. The smallest absolute Gasteiger partial charge is 0.295 e. The Morgan fingerprint density at radius 1 is 1.07 bits per heavy atom. The fraction of sp³-hybridized carbons (Fsp3) is 0.304. The van der Waals surface area contributed by atoms with E-state index in [-0.39, 0.29) is 11.3 Å². The van der Waals surface area contributed by atoms with Crippen molar-refractivity contribution in [3.63, 3.8) is 0 Å². The van der Waals surface area contributed by atoms with Crippen LogP contribution >= 0.6 is 0 Å². The minimum Gasteiger partial charge on any atom is -0.507 e. The van der Waals surface area contributed by atoms with Gasteiger partial charge in [-0.3, -0.25) is 9.59 Å². The van der Waals surface area contributed by atoms with Crippen LogP contribution < -0.4 is 9.47 Å². The molecule has 1 aliphatic rings. The normalized spacial score (nSPS) is 18.2. The predicted octanol–water partition coefficient (Wildman–Crippen LogP) is 3.93. The molecule has 0 bridgehead atoms. The number of rotatable bonds is 7. The minimum absolute atomic E-state index is 0.0841. The highest BCUT2D eigenvalue weighted by atomic mass is 16.5. The third-order valence-corrected chi connectivity index (χ3v) is 4.85. The molecule has 1 N–H and O–H groups in total. The number of amides is 1. The topological polar surface area (TPSA) is 76.1 Å². The van der Waals surface area contributed by atoms with E-state index in [4.69, 9.17) is 9.47 Å². The first-order valence-electron chi connectivity index (χ1n) is 9.68. The number of hydrogen-bond acceptors (Lipinski definition) is 5. The first kappa shape index (κ1) is 20.5. The molecule has 1 fully saturated rings. The Labute approximate surface area is 170 Å². The Morgan fingerprint density at radius 2 is 1.79 bits per heavy atom. The molecule has 0 radical (unpaired) electrons. The zero-order valence-corrected chi connectivity index (χ0v) is 16.8. The standard InChI is InChI=1S/C23H25NO5/c1-4-13-24-20(16-11-12-17(29-5-2)18(14-16)28-3)19(22(26)23(24)27)21(25)15-9-7-6-8-10-15/h6-12,14,20,25H,4-5,13H2,1-3H3/b21-19-. The quantitative estimate of drug-likeness (QED) is 0.437. The zero-order valence-electron chi connectivity index (χ0n) is 16.8. The van der Waals surface area contributed by atoms with Crippen LogP contribution in [0.3, 0.4) is 0 Å². The zero-order chi connectivity index (χ0) is 21.0. The third kappa shape index (κ3) is 3.83. The second-order valence-corrected chi connectivity index (χ2v) is 6.70. The molecular formula is C23H25NO5. The first-order valence-corrected chi connectivity index (χ1v) is 9.68. The maximum absolute atomic E-state index is 12.8. The summed E-state index contributed by atoms with van der Waals surface area (Å²) < 4.78 is 11.0. The molecular weight excluding hydrogens is 370 g/mol. The van der Waals surface area contributed by atoms with Crippen LogP contribution in [0.15, 0.2) is 54.1 Å². The van der Waals surface area contributed by atoms with Crippen LogP contribution in [0.1, 0.15) is 37.4 Å². The second kappa shape index (κ2) is 8.82. The summed E-state index contributed by atoms with van der Waals surface area (Å²) in [5.74, 6) is -0.388. The average Bonchev–Trinajstić information content (AvgIpc) is 2.99. The molecule has 1 heterocycles. The highest BCUT2D eigenvalue weighted by Gasteiger charge is 2.45. The van der Waals surface area contributed by atoms with E-state index in [0.717, 1.165) is 0 Å². The molecule has 29 heavy (non-hydrogen) atoms. The van der Waals surface area contributed by atoms with Crippen molar-refractivity contribution in [1.82, 2.24) is 4.90 Å². The molecule has 2 aromatic carbocycles. The number of carbonyl (C=O) groups is 2. The summed E-state index contributed by atoms with van der Waals surface area (Å²) in [5, 5.41) is 10.9. The van der Waals surface area contributed by atoms with Gasteiger partial charge in [0, 0.05) is 12.1 Å². The Morgan fingerprint density at radius 3 is 2.41 bits per heavy atom. The lowest BCUT2D eigenvalue weighted by molar-refractivity contribution is -0.139. The van der Waals surface area contributed by atoms with Crippen LogP contribution in [-0.2, 0) is 9.59 Å². The fourth-order valence-corrected chi connectivity index (χ4v) is 3.58. The number of benzene rings is 2. The number of nitrogens with zero attached hydrogens (tertiary/aromatic N) is 1. The van der Waals surface area contributed by atoms with Crippen LogP contribution in [0.25, 0.3) is 5.76 Å². The summed E-state index contributed by atoms with van der Waals surface area (Å²) in [6.07, 6.45) is 0.684. The molecule has 0 spiro atoms. The van der Waals surface area contributed by atoms with Crippen molar-refractivity contribution >= 4 is 17.4 Å². The minimum atomic E-state index is -0.695. The van der Waals surface area contributed by atoms with E-state index in [2.05, 4.69) is 0 Å². The number of carbonyl (C=O) groups excluding carboxylic acids is 2. The van der Waals surface area contributed by atoms with Crippen LogP contribution in [0.2, 0.25) is 0 Å². The van der Waals surface area contributed by atoms with Gasteiger partial charge >= 0.3 is 0 Å². The van der Waals surface area contributed by atoms with Crippen LogP contribution in [0.5, 0.6) is 11.5 Å². The van der Waals surface area contributed by atoms with Gasteiger partial charge in [-0.25, -0.2) is 0 Å². The van der Waals surface area contributed by atoms with Gasteiger partial charge in [-0.2, -0.15) is 0 Å². The number of likely N-dealkylation sites (tertiary alicyclic amines) is 1. The second-order valence-electron chi connectivity index (χ2n) is 6.70. The van der Waals surface area contributed by atoms with E-state index in [9.17, 15) is 14.7 Å². The summed E-state index contributed by atoms with van der Waals surface area (Å²) >= 11 is 0.